The lowest BCUT2D eigenvalue weighted by atomic mass is 10.1. The molecule has 1 amide bonds. The highest BCUT2D eigenvalue weighted by Gasteiger charge is 2.26. The summed E-state index contributed by atoms with van der Waals surface area (Å²) in [5, 5.41) is 1.47. The number of carbonyl (C=O) groups is 1. The summed E-state index contributed by atoms with van der Waals surface area (Å²) in [5.41, 5.74) is 1.45. The van der Waals surface area contributed by atoms with Crippen molar-refractivity contribution in [3.05, 3.63) is 58.7 Å². The Morgan fingerprint density at radius 2 is 2.09 bits per heavy atom. The molecule has 0 saturated carbocycles. The maximum absolute atomic E-state index is 12.7. The minimum atomic E-state index is -0.186. The number of amides is 1. The zero-order valence-corrected chi connectivity index (χ0v) is 13.3. The van der Waals surface area contributed by atoms with Crippen LogP contribution in [0.4, 0.5) is 0 Å². The normalized spacial score (nSPS) is 12.5. The van der Waals surface area contributed by atoms with Gasteiger partial charge in [0.15, 0.2) is 5.76 Å². The minimum absolute atomic E-state index is 0.182. The van der Waals surface area contributed by atoms with Gasteiger partial charge in [-0.15, -0.1) is 0 Å². The fraction of sp³-hybridized carbons (Fsp3) is 0.235. The summed E-state index contributed by atoms with van der Waals surface area (Å²) in [6.45, 7) is 3.77. The Morgan fingerprint density at radius 3 is 2.77 bits per heavy atom. The quantitative estimate of drug-likeness (QED) is 0.695. The number of furan rings is 2. The SMILES string of the molecule is Cc1c(C(=O)N(C)C(C)c2ccco2)oc2ccc(Cl)cc12. The topological polar surface area (TPSA) is 46.6 Å². The molecule has 5 heteroatoms. The van der Waals surface area contributed by atoms with Gasteiger partial charge in [-0.1, -0.05) is 11.6 Å². The smallest absolute Gasteiger partial charge is 0.290 e. The first kappa shape index (κ1) is 14.7. The van der Waals surface area contributed by atoms with Gasteiger partial charge in [-0.05, 0) is 44.2 Å². The number of benzene rings is 1. The molecule has 2 heterocycles. The predicted octanol–water partition coefficient (Wildman–Crippen LogP) is 4.82. The van der Waals surface area contributed by atoms with E-state index in [9.17, 15) is 4.79 Å². The van der Waals surface area contributed by atoms with Gasteiger partial charge in [-0.3, -0.25) is 4.79 Å². The van der Waals surface area contributed by atoms with E-state index in [0.29, 0.717) is 16.4 Å². The van der Waals surface area contributed by atoms with Crippen molar-refractivity contribution in [3.8, 4) is 0 Å². The lowest BCUT2D eigenvalue weighted by Crippen LogP contribution is -2.29. The first-order valence-corrected chi connectivity index (χ1v) is 7.36. The predicted molar refractivity (Wildman–Crippen MR) is 85.2 cm³/mol. The van der Waals surface area contributed by atoms with Crippen LogP contribution in [0.3, 0.4) is 0 Å². The highest BCUT2D eigenvalue weighted by atomic mass is 35.5. The number of nitrogens with zero attached hydrogens (tertiary/aromatic N) is 1. The molecule has 0 fully saturated rings. The molecule has 22 heavy (non-hydrogen) atoms. The Bertz CT molecular complexity index is 820. The molecule has 0 aliphatic carbocycles. The summed E-state index contributed by atoms with van der Waals surface area (Å²) in [6.07, 6.45) is 1.60. The Labute approximate surface area is 133 Å². The summed E-state index contributed by atoms with van der Waals surface area (Å²) in [7, 11) is 1.73. The summed E-state index contributed by atoms with van der Waals surface area (Å²) >= 11 is 6.01. The molecule has 4 nitrogen and oxygen atoms in total. The maximum atomic E-state index is 12.7. The van der Waals surface area contributed by atoms with Crippen molar-refractivity contribution in [2.24, 2.45) is 0 Å². The maximum Gasteiger partial charge on any atom is 0.290 e. The lowest BCUT2D eigenvalue weighted by molar-refractivity contribution is 0.0695. The van der Waals surface area contributed by atoms with Gasteiger partial charge >= 0.3 is 0 Å². The van der Waals surface area contributed by atoms with Crippen LogP contribution in [0.2, 0.25) is 5.02 Å². The van der Waals surface area contributed by atoms with Gasteiger partial charge < -0.3 is 13.7 Å². The van der Waals surface area contributed by atoms with Crippen molar-refractivity contribution in [3.63, 3.8) is 0 Å². The van der Waals surface area contributed by atoms with Crippen molar-refractivity contribution >= 4 is 28.5 Å². The number of rotatable bonds is 3. The monoisotopic (exact) mass is 317 g/mol. The van der Waals surface area contributed by atoms with E-state index in [-0.39, 0.29) is 11.9 Å². The Balaban J connectivity index is 1.96. The van der Waals surface area contributed by atoms with Crippen LogP contribution >= 0.6 is 11.6 Å². The third-order valence-corrected chi connectivity index (χ3v) is 4.18. The molecule has 3 rings (SSSR count). The highest BCUT2D eigenvalue weighted by Crippen LogP contribution is 2.30. The standard InChI is InChI=1S/C17H16ClNO3/c1-10-13-9-12(18)6-7-15(13)22-16(10)17(20)19(3)11(2)14-5-4-8-21-14/h4-9,11H,1-3H3. The third-order valence-electron chi connectivity index (χ3n) is 3.95. The van der Waals surface area contributed by atoms with E-state index in [1.165, 1.54) is 0 Å². The van der Waals surface area contributed by atoms with Crippen LogP contribution in [0, 0.1) is 6.92 Å². The van der Waals surface area contributed by atoms with Gasteiger partial charge in [0.2, 0.25) is 0 Å². The summed E-state index contributed by atoms with van der Waals surface area (Å²) in [4.78, 5) is 14.3. The fourth-order valence-corrected chi connectivity index (χ4v) is 2.63. The number of carbonyl (C=O) groups excluding carboxylic acids is 1. The zero-order chi connectivity index (χ0) is 15.9. The average Bonchev–Trinajstić information content (AvgIpc) is 3.14. The first-order valence-electron chi connectivity index (χ1n) is 6.98. The molecule has 0 saturated heterocycles. The number of hydrogen-bond acceptors (Lipinski definition) is 3. The van der Waals surface area contributed by atoms with Crippen molar-refractivity contribution in [1.29, 1.82) is 0 Å². The van der Waals surface area contributed by atoms with Crippen molar-refractivity contribution in [1.82, 2.24) is 4.90 Å². The number of hydrogen-bond donors (Lipinski definition) is 0. The van der Waals surface area contributed by atoms with Gasteiger partial charge in [-0.2, -0.15) is 0 Å². The van der Waals surface area contributed by atoms with Crippen LogP contribution in [0.1, 0.15) is 34.8 Å². The van der Waals surface area contributed by atoms with Crippen LogP contribution in [-0.4, -0.2) is 17.9 Å². The zero-order valence-electron chi connectivity index (χ0n) is 12.6. The minimum Gasteiger partial charge on any atom is -0.467 e. The third kappa shape index (κ3) is 2.40. The molecule has 0 radical (unpaired) electrons. The summed E-state index contributed by atoms with van der Waals surface area (Å²) < 4.78 is 11.1. The number of fused-ring (bicyclic) bond motifs is 1. The van der Waals surface area contributed by atoms with E-state index in [4.69, 9.17) is 20.4 Å². The van der Waals surface area contributed by atoms with Crippen molar-refractivity contribution in [2.45, 2.75) is 19.9 Å². The molecule has 1 unspecified atom stereocenters. The molecular weight excluding hydrogens is 302 g/mol. The van der Waals surface area contributed by atoms with Gasteiger partial charge in [0.25, 0.3) is 5.91 Å². The van der Waals surface area contributed by atoms with E-state index >= 15 is 0 Å². The van der Waals surface area contributed by atoms with E-state index in [2.05, 4.69) is 0 Å². The Morgan fingerprint density at radius 1 is 1.32 bits per heavy atom. The Kier molecular flexibility index (Phi) is 3.71. The first-order chi connectivity index (χ1) is 10.5. The second-order valence-corrected chi connectivity index (χ2v) is 5.74. The molecule has 0 bridgehead atoms. The molecule has 0 spiro atoms. The van der Waals surface area contributed by atoms with E-state index < -0.39 is 0 Å². The van der Waals surface area contributed by atoms with E-state index in [0.717, 1.165) is 16.7 Å². The molecular formula is C17H16ClNO3. The Hall–Kier alpha value is -2.20. The second kappa shape index (κ2) is 5.54. The summed E-state index contributed by atoms with van der Waals surface area (Å²) in [5.74, 6) is 0.875. The fourth-order valence-electron chi connectivity index (χ4n) is 2.45. The van der Waals surface area contributed by atoms with Crippen LogP contribution in [0.25, 0.3) is 11.0 Å². The summed E-state index contributed by atoms with van der Waals surface area (Å²) in [6, 6.07) is 8.80. The molecule has 0 aliphatic rings. The van der Waals surface area contributed by atoms with Gasteiger partial charge in [0, 0.05) is 23.0 Å². The van der Waals surface area contributed by atoms with Crippen molar-refractivity contribution in [2.75, 3.05) is 7.05 Å². The molecule has 114 valence electrons. The average molecular weight is 318 g/mol. The van der Waals surface area contributed by atoms with Gasteiger partial charge in [0.1, 0.15) is 11.3 Å². The molecule has 3 aromatic rings. The molecule has 0 aliphatic heterocycles. The molecule has 1 aromatic carbocycles. The highest BCUT2D eigenvalue weighted by molar-refractivity contribution is 6.31. The van der Waals surface area contributed by atoms with Crippen molar-refractivity contribution < 1.29 is 13.6 Å². The largest absolute Gasteiger partial charge is 0.467 e. The van der Waals surface area contributed by atoms with Gasteiger partial charge in [-0.25, -0.2) is 0 Å². The van der Waals surface area contributed by atoms with Crippen LogP contribution in [-0.2, 0) is 0 Å². The second-order valence-electron chi connectivity index (χ2n) is 5.30. The molecule has 1 atom stereocenters. The molecule has 0 N–H and O–H groups in total. The lowest BCUT2D eigenvalue weighted by Gasteiger charge is -2.22. The van der Waals surface area contributed by atoms with Crippen LogP contribution < -0.4 is 0 Å². The van der Waals surface area contributed by atoms with Gasteiger partial charge in [0.05, 0.1) is 12.3 Å². The van der Waals surface area contributed by atoms with Crippen LogP contribution in [0.5, 0.6) is 0 Å². The molecule has 2 aromatic heterocycles. The van der Waals surface area contributed by atoms with Crippen LogP contribution in [0.15, 0.2) is 45.4 Å². The van der Waals surface area contributed by atoms with E-state index in [1.807, 2.05) is 26.0 Å². The van der Waals surface area contributed by atoms with E-state index in [1.54, 1.807) is 36.4 Å². The number of halogens is 1. The number of aryl methyl sites for hydroxylation is 1.